The average Bonchev–Trinajstić information content (AvgIpc) is 3.34. The number of sulfonamides is 1. The van der Waals surface area contributed by atoms with Gasteiger partial charge < -0.3 is 21.3 Å². The molecule has 4 rings (SSSR count). The summed E-state index contributed by atoms with van der Waals surface area (Å²) in [4.78, 5) is 17.1. The number of carbonyl (C=O) groups is 1. The van der Waals surface area contributed by atoms with E-state index in [0.717, 1.165) is 21.1 Å². The van der Waals surface area contributed by atoms with Gasteiger partial charge in [0, 0.05) is 67.8 Å². The fourth-order valence-corrected chi connectivity index (χ4v) is 6.95. The van der Waals surface area contributed by atoms with E-state index in [4.69, 9.17) is 12.2 Å². The van der Waals surface area contributed by atoms with Gasteiger partial charge >= 0.3 is 0 Å². The number of thiazole rings is 1. The molecule has 1 aromatic heterocycles. The quantitative estimate of drug-likeness (QED) is 0.325. The SMILES string of the molecule is CC(=O)Nc1ccc(-c2cnc(-c3ccc(NC(=S)NC(C)C)cc3)s2)c(S(=O)(=O)N2CCNCC2)c1. The molecular weight excluding hydrogens is 529 g/mol. The van der Waals surface area contributed by atoms with Crippen LogP contribution in [-0.4, -0.2) is 60.9 Å². The van der Waals surface area contributed by atoms with E-state index in [1.165, 1.54) is 28.6 Å². The molecule has 3 aromatic rings. The summed E-state index contributed by atoms with van der Waals surface area (Å²) in [7, 11) is -3.79. The van der Waals surface area contributed by atoms with Gasteiger partial charge in [0.2, 0.25) is 15.9 Å². The van der Waals surface area contributed by atoms with Crippen LogP contribution in [0.4, 0.5) is 11.4 Å². The van der Waals surface area contributed by atoms with Crippen molar-refractivity contribution in [2.75, 3.05) is 36.8 Å². The van der Waals surface area contributed by atoms with Gasteiger partial charge in [-0.2, -0.15) is 4.31 Å². The van der Waals surface area contributed by atoms with Crippen molar-refractivity contribution in [1.82, 2.24) is 19.9 Å². The zero-order chi connectivity index (χ0) is 26.6. The van der Waals surface area contributed by atoms with Crippen LogP contribution in [0.5, 0.6) is 0 Å². The topological polar surface area (TPSA) is 115 Å². The predicted octanol–water partition coefficient (Wildman–Crippen LogP) is 3.72. The molecule has 0 spiro atoms. The Morgan fingerprint density at radius 1 is 1.08 bits per heavy atom. The van der Waals surface area contributed by atoms with Gasteiger partial charge in [-0.3, -0.25) is 4.79 Å². The van der Waals surface area contributed by atoms with Crippen LogP contribution < -0.4 is 21.3 Å². The Morgan fingerprint density at radius 3 is 2.41 bits per heavy atom. The number of hydrogen-bond acceptors (Lipinski definition) is 7. The number of piperazine rings is 1. The van der Waals surface area contributed by atoms with E-state index in [1.54, 1.807) is 18.3 Å². The molecule has 1 aliphatic heterocycles. The largest absolute Gasteiger partial charge is 0.360 e. The summed E-state index contributed by atoms with van der Waals surface area (Å²) in [5, 5.41) is 13.5. The number of anilines is 2. The van der Waals surface area contributed by atoms with Gasteiger partial charge in [-0.15, -0.1) is 11.3 Å². The maximum absolute atomic E-state index is 13.6. The average molecular weight is 559 g/mol. The molecular formula is C25H30N6O3S3. The number of carbonyl (C=O) groups excluding carboxylic acids is 1. The van der Waals surface area contributed by atoms with Crippen molar-refractivity contribution in [3.05, 3.63) is 48.7 Å². The van der Waals surface area contributed by atoms with Gasteiger partial charge in [0.25, 0.3) is 0 Å². The lowest BCUT2D eigenvalue weighted by molar-refractivity contribution is -0.114. The summed E-state index contributed by atoms with van der Waals surface area (Å²) in [5.41, 5.74) is 2.75. The number of nitrogens with one attached hydrogen (secondary N) is 4. The summed E-state index contributed by atoms with van der Waals surface area (Å²) in [5.74, 6) is -0.267. The van der Waals surface area contributed by atoms with Gasteiger partial charge in [-0.25, -0.2) is 13.4 Å². The minimum atomic E-state index is -3.79. The van der Waals surface area contributed by atoms with Gasteiger partial charge in [0.15, 0.2) is 5.11 Å². The zero-order valence-corrected chi connectivity index (χ0v) is 23.3. The number of rotatable bonds is 7. The van der Waals surface area contributed by atoms with Crippen LogP contribution in [0.3, 0.4) is 0 Å². The maximum atomic E-state index is 13.6. The first-order valence-electron chi connectivity index (χ1n) is 11.9. The number of thiocarbonyl (C=S) groups is 1. The standard InChI is InChI=1S/C25H30N6O3S3/c1-16(2)28-25(35)30-19-6-4-18(5-7-19)24-27-15-22(36-24)21-9-8-20(29-17(3)32)14-23(21)37(33,34)31-12-10-26-11-13-31/h4-9,14-16,26H,10-13H2,1-3H3,(H,29,32)(H2,28,30,35). The van der Waals surface area contributed by atoms with E-state index >= 15 is 0 Å². The monoisotopic (exact) mass is 558 g/mol. The normalized spacial score (nSPS) is 14.4. The first-order valence-corrected chi connectivity index (χ1v) is 14.6. The number of amides is 1. The molecule has 12 heteroatoms. The number of nitrogens with zero attached hydrogens (tertiary/aromatic N) is 2. The second-order valence-corrected chi connectivity index (χ2v) is 12.3. The number of aromatic nitrogens is 1. The lowest BCUT2D eigenvalue weighted by Gasteiger charge is -2.27. The molecule has 196 valence electrons. The Labute approximate surface area is 226 Å². The number of benzene rings is 2. The first kappa shape index (κ1) is 27.1. The van der Waals surface area contributed by atoms with Crippen LogP contribution in [0.25, 0.3) is 21.0 Å². The van der Waals surface area contributed by atoms with Crippen molar-refractivity contribution >= 4 is 56.0 Å². The van der Waals surface area contributed by atoms with Crippen molar-refractivity contribution in [1.29, 1.82) is 0 Å². The highest BCUT2D eigenvalue weighted by atomic mass is 32.2. The lowest BCUT2D eigenvalue weighted by Crippen LogP contribution is -2.46. The molecule has 1 saturated heterocycles. The Bertz CT molecular complexity index is 1380. The second-order valence-electron chi connectivity index (χ2n) is 8.91. The molecule has 1 aliphatic rings. The molecule has 2 aromatic carbocycles. The van der Waals surface area contributed by atoms with E-state index < -0.39 is 10.0 Å². The molecule has 1 fully saturated rings. The second kappa shape index (κ2) is 11.7. The first-order chi connectivity index (χ1) is 17.6. The van der Waals surface area contributed by atoms with Gasteiger partial charge in [0.05, 0.1) is 9.77 Å². The van der Waals surface area contributed by atoms with Crippen molar-refractivity contribution in [2.45, 2.75) is 31.7 Å². The molecule has 0 saturated carbocycles. The third-order valence-electron chi connectivity index (χ3n) is 5.58. The number of hydrogen-bond donors (Lipinski definition) is 4. The Morgan fingerprint density at radius 2 is 1.76 bits per heavy atom. The summed E-state index contributed by atoms with van der Waals surface area (Å²) in [6.07, 6.45) is 1.69. The maximum Gasteiger partial charge on any atom is 0.243 e. The summed E-state index contributed by atoms with van der Waals surface area (Å²) < 4.78 is 28.7. The van der Waals surface area contributed by atoms with Crippen LogP contribution in [0, 0.1) is 0 Å². The summed E-state index contributed by atoms with van der Waals surface area (Å²) in [6.45, 7) is 7.38. The molecule has 2 heterocycles. The summed E-state index contributed by atoms with van der Waals surface area (Å²) in [6, 6.07) is 12.9. The van der Waals surface area contributed by atoms with E-state index in [0.29, 0.717) is 42.5 Å². The van der Waals surface area contributed by atoms with Crippen molar-refractivity contribution < 1.29 is 13.2 Å². The Kier molecular flexibility index (Phi) is 8.55. The van der Waals surface area contributed by atoms with Crippen molar-refractivity contribution in [3.8, 4) is 21.0 Å². The van der Waals surface area contributed by atoms with E-state index in [-0.39, 0.29) is 16.8 Å². The molecule has 0 bridgehead atoms. The van der Waals surface area contributed by atoms with Crippen LogP contribution in [-0.2, 0) is 14.8 Å². The van der Waals surface area contributed by atoms with E-state index in [1.807, 2.05) is 38.1 Å². The third kappa shape index (κ3) is 6.70. The predicted molar refractivity (Wildman–Crippen MR) is 153 cm³/mol. The van der Waals surface area contributed by atoms with Crippen LogP contribution in [0.15, 0.2) is 53.6 Å². The zero-order valence-electron chi connectivity index (χ0n) is 20.9. The highest BCUT2D eigenvalue weighted by molar-refractivity contribution is 7.89. The smallest absolute Gasteiger partial charge is 0.243 e. The van der Waals surface area contributed by atoms with Crippen LogP contribution in [0.2, 0.25) is 0 Å². The highest BCUT2D eigenvalue weighted by Crippen LogP contribution is 2.38. The summed E-state index contributed by atoms with van der Waals surface area (Å²) >= 11 is 6.72. The van der Waals surface area contributed by atoms with Crippen LogP contribution >= 0.6 is 23.6 Å². The molecule has 9 nitrogen and oxygen atoms in total. The van der Waals surface area contributed by atoms with E-state index in [9.17, 15) is 13.2 Å². The molecule has 0 unspecified atom stereocenters. The highest BCUT2D eigenvalue weighted by Gasteiger charge is 2.29. The molecule has 4 N–H and O–H groups in total. The molecule has 0 aliphatic carbocycles. The van der Waals surface area contributed by atoms with E-state index in [2.05, 4.69) is 26.3 Å². The Balaban J connectivity index is 1.64. The van der Waals surface area contributed by atoms with Gasteiger partial charge in [-0.1, -0.05) is 6.07 Å². The lowest BCUT2D eigenvalue weighted by atomic mass is 10.2. The molecule has 37 heavy (non-hydrogen) atoms. The minimum absolute atomic E-state index is 0.154. The molecule has 0 atom stereocenters. The van der Waals surface area contributed by atoms with Crippen molar-refractivity contribution in [2.24, 2.45) is 0 Å². The fourth-order valence-electron chi connectivity index (χ4n) is 3.90. The molecule has 1 amide bonds. The Hall–Kier alpha value is -2.90. The van der Waals surface area contributed by atoms with Gasteiger partial charge in [0.1, 0.15) is 5.01 Å². The third-order valence-corrected chi connectivity index (χ3v) is 8.81. The van der Waals surface area contributed by atoms with Crippen molar-refractivity contribution in [3.63, 3.8) is 0 Å². The molecule has 0 radical (unpaired) electrons. The fraction of sp³-hybridized carbons (Fsp3) is 0.320. The van der Waals surface area contributed by atoms with Crippen LogP contribution in [0.1, 0.15) is 20.8 Å². The van der Waals surface area contributed by atoms with Gasteiger partial charge in [-0.05, 0) is 62.5 Å². The minimum Gasteiger partial charge on any atom is -0.360 e.